The van der Waals surface area contributed by atoms with Crippen molar-refractivity contribution in [2.75, 3.05) is 32.7 Å². The van der Waals surface area contributed by atoms with Gasteiger partial charge in [-0.1, -0.05) is 6.92 Å². The third kappa shape index (κ3) is 2.86. The van der Waals surface area contributed by atoms with E-state index in [1.807, 2.05) is 4.90 Å². The number of aliphatic hydroxyl groups excluding tert-OH is 1. The van der Waals surface area contributed by atoms with E-state index in [1.54, 1.807) is 18.3 Å². The van der Waals surface area contributed by atoms with Crippen molar-refractivity contribution in [3.63, 3.8) is 0 Å². The molecule has 1 aliphatic heterocycles. The quantitative estimate of drug-likeness (QED) is 0.840. The number of aliphatic hydroxyl groups is 1. The van der Waals surface area contributed by atoms with Crippen molar-refractivity contribution in [3.8, 4) is 0 Å². The van der Waals surface area contributed by atoms with Crippen LogP contribution in [0.2, 0.25) is 0 Å². The molecule has 5 heteroatoms. The predicted octanol–water partition coefficient (Wildman–Crippen LogP) is 0.352. The summed E-state index contributed by atoms with van der Waals surface area (Å²) < 4.78 is 0. The predicted molar refractivity (Wildman–Crippen MR) is 68.2 cm³/mol. The van der Waals surface area contributed by atoms with Crippen LogP contribution in [-0.4, -0.2) is 58.5 Å². The molecule has 0 aliphatic carbocycles. The highest BCUT2D eigenvalue weighted by Crippen LogP contribution is 2.09. The standard InChI is InChI=1S/C13H19N3O2/c1-2-15-5-7-16(8-6-15)13(18)11-3-4-14-12(9-11)10-17/h3-4,9,17H,2,5-8,10H2,1H3. The van der Waals surface area contributed by atoms with Crippen molar-refractivity contribution in [3.05, 3.63) is 29.6 Å². The summed E-state index contributed by atoms with van der Waals surface area (Å²) in [5, 5.41) is 9.03. The second kappa shape index (κ2) is 5.93. The van der Waals surface area contributed by atoms with Gasteiger partial charge >= 0.3 is 0 Å². The van der Waals surface area contributed by atoms with E-state index in [-0.39, 0.29) is 12.5 Å². The molecule has 1 aliphatic rings. The van der Waals surface area contributed by atoms with E-state index < -0.39 is 0 Å². The first-order valence-corrected chi connectivity index (χ1v) is 6.32. The number of amides is 1. The first-order valence-electron chi connectivity index (χ1n) is 6.32. The number of hydrogen-bond donors (Lipinski definition) is 1. The first kappa shape index (κ1) is 13.0. The van der Waals surface area contributed by atoms with Gasteiger partial charge in [-0.3, -0.25) is 9.78 Å². The maximum absolute atomic E-state index is 12.3. The summed E-state index contributed by atoms with van der Waals surface area (Å²) in [6.45, 7) is 6.43. The summed E-state index contributed by atoms with van der Waals surface area (Å²) in [5.41, 5.74) is 1.15. The number of nitrogens with zero attached hydrogens (tertiary/aromatic N) is 3. The van der Waals surface area contributed by atoms with E-state index in [4.69, 9.17) is 5.11 Å². The smallest absolute Gasteiger partial charge is 0.254 e. The molecule has 0 bridgehead atoms. The van der Waals surface area contributed by atoms with Gasteiger partial charge in [0.1, 0.15) is 0 Å². The van der Waals surface area contributed by atoms with Crippen LogP contribution < -0.4 is 0 Å². The number of carbonyl (C=O) groups is 1. The van der Waals surface area contributed by atoms with Gasteiger partial charge in [0.05, 0.1) is 12.3 Å². The van der Waals surface area contributed by atoms with E-state index in [9.17, 15) is 4.79 Å². The molecule has 98 valence electrons. The monoisotopic (exact) mass is 249 g/mol. The Bertz CT molecular complexity index is 414. The lowest BCUT2D eigenvalue weighted by molar-refractivity contribution is 0.0643. The lowest BCUT2D eigenvalue weighted by Crippen LogP contribution is -2.48. The number of rotatable bonds is 3. The molecule has 2 rings (SSSR count). The zero-order chi connectivity index (χ0) is 13.0. The van der Waals surface area contributed by atoms with Gasteiger partial charge in [0, 0.05) is 37.9 Å². The maximum Gasteiger partial charge on any atom is 0.254 e. The minimum absolute atomic E-state index is 0.0304. The average molecular weight is 249 g/mol. The zero-order valence-electron chi connectivity index (χ0n) is 10.7. The SMILES string of the molecule is CCN1CCN(C(=O)c2ccnc(CO)c2)CC1. The van der Waals surface area contributed by atoms with Crippen molar-refractivity contribution in [1.29, 1.82) is 0 Å². The summed E-state index contributed by atoms with van der Waals surface area (Å²) in [4.78, 5) is 20.4. The van der Waals surface area contributed by atoms with Crippen LogP contribution in [0.4, 0.5) is 0 Å². The number of aromatic nitrogens is 1. The summed E-state index contributed by atoms with van der Waals surface area (Å²) in [5.74, 6) is 0.0304. The second-order valence-corrected chi connectivity index (χ2v) is 4.42. The molecule has 1 fully saturated rings. The fraction of sp³-hybridized carbons (Fsp3) is 0.538. The molecule has 0 aromatic carbocycles. The van der Waals surface area contributed by atoms with Gasteiger partial charge < -0.3 is 14.9 Å². The van der Waals surface area contributed by atoms with Crippen molar-refractivity contribution in [1.82, 2.24) is 14.8 Å². The van der Waals surface area contributed by atoms with Crippen molar-refractivity contribution in [2.24, 2.45) is 0 Å². The summed E-state index contributed by atoms with van der Waals surface area (Å²) in [6.07, 6.45) is 1.57. The number of piperazine rings is 1. The van der Waals surface area contributed by atoms with E-state index in [0.29, 0.717) is 11.3 Å². The van der Waals surface area contributed by atoms with Crippen molar-refractivity contribution >= 4 is 5.91 Å². The highest BCUT2D eigenvalue weighted by molar-refractivity contribution is 5.94. The van der Waals surface area contributed by atoms with Crippen molar-refractivity contribution in [2.45, 2.75) is 13.5 Å². The summed E-state index contributed by atoms with van der Waals surface area (Å²) in [6, 6.07) is 3.36. The number of carbonyl (C=O) groups excluding carboxylic acids is 1. The molecule has 2 heterocycles. The molecule has 1 aromatic heterocycles. The van der Waals surface area contributed by atoms with Crippen LogP contribution in [0.3, 0.4) is 0 Å². The fourth-order valence-electron chi connectivity index (χ4n) is 2.15. The van der Waals surface area contributed by atoms with E-state index in [1.165, 1.54) is 0 Å². The zero-order valence-corrected chi connectivity index (χ0v) is 10.7. The number of pyridine rings is 1. The molecule has 0 spiro atoms. The van der Waals surface area contributed by atoms with Crippen LogP contribution in [-0.2, 0) is 6.61 Å². The molecule has 0 saturated carbocycles. The van der Waals surface area contributed by atoms with Crippen LogP contribution in [0.1, 0.15) is 23.0 Å². The Labute approximate surface area is 107 Å². The highest BCUT2D eigenvalue weighted by Gasteiger charge is 2.21. The van der Waals surface area contributed by atoms with E-state index in [0.717, 1.165) is 32.7 Å². The molecule has 0 radical (unpaired) electrons. The van der Waals surface area contributed by atoms with Gasteiger partial charge in [0.2, 0.25) is 0 Å². The van der Waals surface area contributed by atoms with Gasteiger partial charge in [0.25, 0.3) is 5.91 Å². The summed E-state index contributed by atoms with van der Waals surface area (Å²) in [7, 11) is 0. The van der Waals surface area contributed by atoms with E-state index in [2.05, 4.69) is 16.8 Å². The summed E-state index contributed by atoms with van der Waals surface area (Å²) >= 11 is 0. The Kier molecular flexibility index (Phi) is 4.28. The van der Waals surface area contributed by atoms with Gasteiger partial charge in [-0.25, -0.2) is 0 Å². The Hall–Kier alpha value is -1.46. The van der Waals surface area contributed by atoms with Gasteiger partial charge in [-0.05, 0) is 18.7 Å². The topological polar surface area (TPSA) is 56.7 Å². The third-order valence-electron chi connectivity index (χ3n) is 3.33. The Morgan fingerprint density at radius 2 is 2.11 bits per heavy atom. The Morgan fingerprint density at radius 3 is 2.72 bits per heavy atom. The molecule has 5 nitrogen and oxygen atoms in total. The average Bonchev–Trinajstić information content (AvgIpc) is 2.46. The maximum atomic E-state index is 12.3. The minimum atomic E-state index is -0.134. The molecule has 0 atom stereocenters. The normalized spacial score (nSPS) is 16.9. The Morgan fingerprint density at radius 1 is 1.39 bits per heavy atom. The minimum Gasteiger partial charge on any atom is -0.390 e. The van der Waals surface area contributed by atoms with Gasteiger partial charge in [-0.2, -0.15) is 0 Å². The lowest BCUT2D eigenvalue weighted by atomic mass is 10.2. The highest BCUT2D eigenvalue weighted by atomic mass is 16.3. The first-order chi connectivity index (χ1) is 8.74. The molecule has 18 heavy (non-hydrogen) atoms. The van der Waals surface area contributed by atoms with Crippen LogP contribution in [0, 0.1) is 0 Å². The second-order valence-electron chi connectivity index (χ2n) is 4.42. The molecule has 1 saturated heterocycles. The molecule has 1 N–H and O–H groups in total. The molecular formula is C13H19N3O2. The number of likely N-dealkylation sites (N-methyl/N-ethyl adjacent to an activating group) is 1. The largest absolute Gasteiger partial charge is 0.390 e. The fourth-order valence-corrected chi connectivity index (χ4v) is 2.15. The van der Waals surface area contributed by atoms with Crippen molar-refractivity contribution < 1.29 is 9.90 Å². The molecule has 0 unspecified atom stereocenters. The molecule has 1 aromatic rings. The van der Waals surface area contributed by atoms with Crippen LogP contribution in [0.25, 0.3) is 0 Å². The lowest BCUT2D eigenvalue weighted by Gasteiger charge is -2.34. The molecular weight excluding hydrogens is 230 g/mol. The van der Waals surface area contributed by atoms with Gasteiger partial charge in [0.15, 0.2) is 0 Å². The van der Waals surface area contributed by atoms with Gasteiger partial charge in [-0.15, -0.1) is 0 Å². The van der Waals surface area contributed by atoms with Crippen LogP contribution >= 0.6 is 0 Å². The Balaban J connectivity index is 2.03. The third-order valence-corrected chi connectivity index (χ3v) is 3.33. The molecule has 1 amide bonds. The number of hydrogen-bond acceptors (Lipinski definition) is 4. The van der Waals surface area contributed by atoms with E-state index >= 15 is 0 Å². The van der Waals surface area contributed by atoms with Crippen LogP contribution in [0.5, 0.6) is 0 Å². The van der Waals surface area contributed by atoms with Crippen LogP contribution in [0.15, 0.2) is 18.3 Å².